The molecule has 0 saturated carbocycles. The van der Waals surface area contributed by atoms with Crippen molar-refractivity contribution in [2.24, 2.45) is 0 Å². The Labute approximate surface area is 261 Å². The molecule has 41 heavy (non-hydrogen) atoms. The quantitative estimate of drug-likeness (QED) is 0.355. The number of nitrogens with zero attached hydrogens (tertiary/aromatic N) is 4. The van der Waals surface area contributed by atoms with Gasteiger partial charge in [0.25, 0.3) is 0 Å². The summed E-state index contributed by atoms with van der Waals surface area (Å²) in [5, 5.41) is 25.5. The topological polar surface area (TPSA) is 93.7 Å². The third-order valence-corrected chi connectivity index (χ3v) is 5.51. The first-order chi connectivity index (χ1) is 19.2. The number of hydrogen-bond acceptors (Lipinski definition) is 1. The predicted molar refractivity (Wildman–Crippen MR) is 157 cm³/mol. The van der Waals surface area contributed by atoms with Gasteiger partial charge in [0.15, 0.2) is 0 Å². The second-order valence-electron chi connectivity index (χ2n) is 8.22. The van der Waals surface area contributed by atoms with Crippen molar-refractivity contribution < 1.29 is 42.4 Å². The number of allylic oxidation sites excluding steroid dienone is 20. The second kappa shape index (κ2) is 18.1. The van der Waals surface area contributed by atoms with E-state index in [0.717, 1.165) is 35.4 Å². The molecular formula is C33H26ClIrN4O2-7. The number of carbonyl (C=O) groups is 1. The van der Waals surface area contributed by atoms with Crippen LogP contribution in [0, 0.1) is 12.2 Å². The number of hydrogen-bond donors (Lipinski definition) is 1. The van der Waals surface area contributed by atoms with E-state index in [1.807, 2.05) is 79.2 Å². The van der Waals surface area contributed by atoms with Crippen molar-refractivity contribution in [2.75, 3.05) is 0 Å². The van der Waals surface area contributed by atoms with Gasteiger partial charge in [-0.25, -0.2) is 16.2 Å². The molecule has 4 heterocycles. The van der Waals surface area contributed by atoms with E-state index in [1.165, 1.54) is 18.4 Å². The van der Waals surface area contributed by atoms with Crippen LogP contribution in [0.1, 0.15) is 12.8 Å². The van der Waals surface area contributed by atoms with E-state index in [-0.39, 0.29) is 38.1 Å². The molecule has 0 saturated heterocycles. The summed E-state index contributed by atoms with van der Waals surface area (Å²) in [6.45, 7) is 0. The van der Waals surface area contributed by atoms with E-state index in [2.05, 4.69) is 45.6 Å². The Hall–Kier alpha value is -4.29. The van der Waals surface area contributed by atoms with Gasteiger partial charge in [0.2, 0.25) is 0 Å². The maximum absolute atomic E-state index is 10.7. The standard InChI is InChI=1S/C11H8N2O2.2C11H9N.ClH.Ir/c14-11(15)8-4-6-13-10(7-8)9-3-1-2-5-12-9;2*1-2-6-10(7-3-1)11-8-4-5-9-12-11;;/h1-7H,(H,14,15);2*1-5,8-9H,6H2;1H;/q3*-2;;/p-1. The second-order valence-corrected chi connectivity index (χ2v) is 8.22. The van der Waals surface area contributed by atoms with Crippen LogP contribution >= 0.6 is 0 Å². The Bertz CT molecular complexity index is 1290. The molecule has 6 aliphatic rings. The fourth-order valence-corrected chi connectivity index (χ4v) is 3.58. The van der Waals surface area contributed by atoms with E-state index < -0.39 is 5.97 Å². The van der Waals surface area contributed by atoms with E-state index in [4.69, 9.17) is 5.11 Å². The van der Waals surface area contributed by atoms with E-state index in [0.29, 0.717) is 11.4 Å². The third kappa shape index (κ3) is 10.7. The summed E-state index contributed by atoms with van der Waals surface area (Å²) in [5.41, 5.74) is 5.83. The normalized spacial score (nSPS) is 23.7. The number of carboxylic acid groups (broad SMARTS) is 1. The summed E-state index contributed by atoms with van der Waals surface area (Å²) >= 11 is 0. The summed E-state index contributed by atoms with van der Waals surface area (Å²) in [6.07, 6.45) is 47.3. The van der Waals surface area contributed by atoms with Crippen molar-refractivity contribution in [1.29, 1.82) is 0 Å². The van der Waals surface area contributed by atoms with Crippen molar-refractivity contribution in [3.05, 3.63) is 201 Å². The average Bonchev–Trinajstić information content (AvgIpc) is 3.04. The van der Waals surface area contributed by atoms with Gasteiger partial charge in [-0.2, -0.15) is 83.8 Å². The molecule has 0 bridgehead atoms. The first kappa shape index (κ1) is 32.9. The molecule has 2 aliphatic carbocycles. The van der Waals surface area contributed by atoms with Gasteiger partial charge in [-0.3, -0.25) is 0 Å². The Morgan fingerprint density at radius 3 is 1.46 bits per heavy atom. The summed E-state index contributed by atoms with van der Waals surface area (Å²) in [6, 6.07) is 0. The molecule has 0 amide bonds. The Morgan fingerprint density at radius 2 is 1.07 bits per heavy atom. The van der Waals surface area contributed by atoms with Gasteiger partial charge in [-0.15, -0.1) is 24.3 Å². The molecule has 0 atom stereocenters. The number of aliphatic carboxylic acids is 1. The Kier molecular flexibility index (Phi) is 14.6. The Balaban J connectivity index is 0.000000212. The van der Waals surface area contributed by atoms with Crippen LogP contribution in [0.3, 0.4) is 0 Å². The zero-order valence-electron chi connectivity index (χ0n) is 21.9. The minimum absolute atomic E-state index is 0. The molecule has 0 unspecified atom stereocenters. The summed E-state index contributed by atoms with van der Waals surface area (Å²) in [5.74, 6) is -0.963. The number of rotatable bonds is 1. The molecule has 0 fully saturated rings. The molecule has 6 rings (SSSR count). The van der Waals surface area contributed by atoms with Crippen molar-refractivity contribution in [3.8, 4) is 0 Å². The minimum atomic E-state index is -0.963. The van der Waals surface area contributed by atoms with Crippen LogP contribution in [0.5, 0.6) is 0 Å². The van der Waals surface area contributed by atoms with E-state index in [1.54, 1.807) is 18.4 Å². The molecule has 6 nitrogen and oxygen atoms in total. The van der Waals surface area contributed by atoms with E-state index in [9.17, 15) is 4.79 Å². The van der Waals surface area contributed by atoms with Crippen molar-refractivity contribution in [2.45, 2.75) is 12.8 Å². The van der Waals surface area contributed by atoms with Gasteiger partial charge in [0.1, 0.15) is 0 Å². The minimum Gasteiger partial charge on any atom is -1.00 e. The van der Waals surface area contributed by atoms with Gasteiger partial charge in [0.05, 0.1) is 5.57 Å². The number of carboxylic acids is 1. The molecule has 4 aliphatic heterocycles. The molecular weight excluding hydrogens is 712 g/mol. The van der Waals surface area contributed by atoms with Crippen LogP contribution in [0.4, 0.5) is 0 Å². The summed E-state index contributed by atoms with van der Waals surface area (Å²) in [7, 11) is 0. The van der Waals surface area contributed by atoms with Crippen LogP contribution in [-0.4, -0.2) is 11.1 Å². The first-order valence-electron chi connectivity index (χ1n) is 12.4. The Morgan fingerprint density at radius 1 is 0.610 bits per heavy atom. The summed E-state index contributed by atoms with van der Waals surface area (Å²) < 4.78 is 0. The SMILES string of the molecule is O=C(O)C1=CC(=C2C=CC=C[N-]2)[N-]C=C1.[C-]1=CC=CCC1=C1C=CC=C[N-]1.[C-]1=CC=CCC1=C1C=CC=C[N-]1.[Cl-].[Ir]. The van der Waals surface area contributed by atoms with Gasteiger partial charge in [0, 0.05) is 20.1 Å². The van der Waals surface area contributed by atoms with Crippen LogP contribution in [-0.2, 0) is 24.9 Å². The first-order valence-corrected chi connectivity index (χ1v) is 12.4. The molecule has 213 valence electrons. The van der Waals surface area contributed by atoms with Gasteiger partial charge < -0.3 is 38.8 Å². The fourth-order valence-electron chi connectivity index (χ4n) is 3.58. The van der Waals surface area contributed by atoms with Crippen LogP contribution in [0.15, 0.2) is 168 Å². The van der Waals surface area contributed by atoms with E-state index >= 15 is 0 Å². The molecule has 0 aromatic carbocycles. The summed E-state index contributed by atoms with van der Waals surface area (Å²) in [4.78, 5) is 10.7. The molecule has 0 spiro atoms. The van der Waals surface area contributed by atoms with Gasteiger partial charge >= 0.3 is 5.97 Å². The van der Waals surface area contributed by atoms with Gasteiger partial charge in [-0.1, -0.05) is 54.7 Å². The van der Waals surface area contributed by atoms with Crippen molar-refractivity contribution >= 4 is 5.97 Å². The monoisotopic (exact) mass is 738 g/mol. The van der Waals surface area contributed by atoms with Crippen molar-refractivity contribution in [1.82, 2.24) is 0 Å². The molecule has 1 radical (unpaired) electrons. The largest absolute Gasteiger partial charge is 1.00 e. The zero-order valence-corrected chi connectivity index (χ0v) is 25.0. The molecule has 0 aromatic rings. The molecule has 0 aromatic heterocycles. The van der Waals surface area contributed by atoms with Crippen LogP contribution < -0.4 is 12.4 Å². The average molecular weight is 738 g/mol. The zero-order chi connectivity index (χ0) is 27.1. The maximum atomic E-state index is 10.7. The molecule has 1 N–H and O–H groups in total. The number of halogens is 1. The van der Waals surface area contributed by atoms with Crippen LogP contribution in [0.2, 0.25) is 0 Å². The smallest absolute Gasteiger partial charge is 0.335 e. The molecule has 8 heteroatoms. The van der Waals surface area contributed by atoms with Gasteiger partial charge in [-0.05, 0) is 12.8 Å². The predicted octanol–water partition coefficient (Wildman–Crippen LogP) is 5.60. The maximum Gasteiger partial charge on any atom is 0.335 e. The fraction of sp³-hybridized carbons (Fsp3) is 0.0606. The van der Waals surface area contributed by atoms with Crippen molar-refractivity contribution in [3.63, 3.8) is 0 Å². The third-order valence-electron chi connectivity index (χ3n) is 5.51. The van der Waals surface area contributed by atoms with Crippen LogP contribution in [0.25, 0.3) is 21.3 Å².